The Balaban J connectivity index is 2.07. The summed E-state index contributed by atoms with van der Waals surface area (Å²) < 4.78 is 13.5. The van der Waals surface area contributed by atoms with E-state index in [4.69, 9.17) is 0 Å². The molecule has 0 aromatic heterocycles. The Morgan fingerprint density at radius 2 is 2.00 bits per heavy atom. The van der Waals surface area contributed by atoms with Crippen molar-refractivity contribution >= 4 is 5.91 Å². The number of hydrogen-bond acceptors (Lipinski definition) is 2. The number of carbonyl (C=O) groups excluding carboxylic acids is 1. The first-order valence-electron chi connectivity index (χ1n) is 6.24. The summed E-state index contributed by atoms with van der Waals surface area (Å²) in [6.07, 6.45) is 3.39. The Labute approximate surface area is 106 Å². The first-order chi connectivity index (χ1) is 8.52. The molecule has 0 spiro atoms. The molecule has 0 aliphatic heterocycles. The first-order valence-corrected chi connectivity index (χ1v) is 6.24. The Bertz CT molecular complexity index is 441. The third kappa shape index (κ3) is 2.70. The van der Waals surface area contributed by atoms with E-state index in [9.17, 15) is 14.3 Å². The van der Waals surface area contributed by atoms with Crippen LogP contribution in [0.4, 0.5) is 4.39 Å². The van der Waals surface area contributed by atoms with Crippen LogP contribution in [-0.4, -0.2) is 35.1 Å². The van der Waals surface area contributed by atoms with E-state index < -0.39 is 11.4 Å². The summed E-state index contributed by atoms with van der Waals surface area (Å²) in [5.74, 6) is -0.902. The van der Waals surface area contributed by atoms with Gasteiger partial charge in [-0.1, -0.05) is 25.0 Å². The van der Waals surface area contributed by atoms with Crippen molar-refractivity contribution in [2.45, 2.75) is 31.3 Å². The van der Waals surface area contributed by atoms with Crippen LogP contribution in [0.5, 0.6) is 0 Å². The zero-order valence-corrected chi connectivity index (χ0v) is 10.5. The lowest BCUT2D eigenvalue weighted by atomic mass is 10.0. The monoisotopic (exact) mass is 251 g/mol. The number of likely N-dealkylation sites (N-methyl/N-ethyl adjacent to an activating group) is 1. The number of nitrogens with zero attached hydrogens (tertiary/aromatic N) is 1. The molecular weight excluding hydrogens is 233 g/mol. The molecule has 4 heteroatoms. The van der Waals surface area contributed by atoms with Crippen molar-refractivity contribution in [1.29, 1.82) is 0 Å². The van der Waals surface area contributed by atoms with Crippen LogP contribution in [-0.2, 0) is 0 Å². The van der Waals surface area contributed by atoms with Crippen LogP contribution in [0.2, 0.25) is 0 Å². The van der Waals surface area contributed by atoms with Gasteiger partial charge < -0.3 is 10.0 Å². The van der Waals surface area contributed by atoms with E-state index in [1.807, 2.05) is 0 Å². The lowest BCUT2D eigenvalue weighted by Gasteiger charge is -2.28. The fraction of sp³-hybridized carbons (Fsp3) is 0.500. The third-order valence-corrected chi connectivity index (χ3v) is 3.52. The molecule has 1 aliphatic carbocycles. The highest BCUT2D eigenvalue weighted by Gasteiger charge is 2.33. The van der Waals surface area contributed by atoms with Crippen molar-refractivity contribution in [2.24, 2.45) is 0 Å². The Morgan fingerprint density at radius 3 is 2.61 bits per heavy atom. The van der Waals surface area contributed by atoms with Gasteiger partial charge in [-0.3, -0.25) is 4.79 Å². The molecule has 0 bridgehead atoms. The van der Waals surface area contributed by atoms with E-state index in [-0.39, 0.29) is 18.0 Å². The van der Waals surface area contributed by atoms with Crippen molar-refractivity contribution in [2.75, 3.05) is 13.6 Å². The number of rotatable bonds is 3. The normalized spacial score (nSPS) is 17.7. The fourth-order valence-electron chi connectivity index (χ4n) is 2.54. The number of carbonyl (C=O) groups is 1. The second-order valence-electron chi connectivity index (χ2n) is 5.07. The lowest BCUT2D eigenvalue weighted by molar-refractivity contribution is 0.0155. The van der Waals surface area contributed by atoms with Crippen molar-refractivity contribution in [1.82, 2.24) is 4.90 Å². The third-order valence-electron chi connectivity index (χ3n) is 3.52. The molecule has 98 valence electrons. The largest absolute Gasteiger partial charge is 0.388 e. The summed E-state index contributed by atoms with van der Waals surface area (Å²) in [7, 11) is 1.60. The van der Waals surface area contributed by atoms with Gasteiger partial charge in [0.25, 0.3) is 5.91 Å². The highest BCUT2D eigenvalue weighted by molar-refractivity contribution is 5.94. The van der Waals surface area contributed by atoms with Crippen molar-refractivity contribution in [3.63, 3.8) is 0 Å². The van der Waals surface area contributed by atoms with Crippen LogP contribution in [0.1, 0.15) is 36.0 Å². The van der Waals surface area contributed by atoms with Crippen LogP contribution in [0.25, 0.3) is 0 Å². The predicted molar refractivity (Wildman–Crippen MR) is 66.8 cm³/mol. The minimum atomic E-state index is -0.796. The van der Waals surface area contributed by atoms with E-state index in [0.717, 1.165) is 12.8 Å². The summed E-state index contributed by atoms with van der Waals surface area (Å²) in [5, 5.41) is 10.2. The number of halogens is 1. The smallest absolute Gasteiger partial charge is 0.256 e. The van der Waals surface area contributed by atoms with Gasteiger partial charge in [0.15, 0.2) is 0 Å². The summed E-state index contributed by atoms with van der Waals surface area (Å²) in [5.41, 5.74) is -0.739. The van der Waals surface area contributed by atoms with Gasteiger partial charge in [0, 0.05) is 13.6 Å². The van der Waals surface area contributed by atoms with Gasteiger partial charge in [-0.05, 0) is 25.0 Å². The molecule has 2 rings (SSSR count). The van der Waals surface area contributed by atoms with Gasteiger partial charge in [0.1, 0.15) is 5.82 Å². The van der Waals surface area contributed by atoms with Crippen molar-refractivity contribution in [3.05, 3.63) is 35.6 Å². The minimum Gasteiger partial charge on any atom is -0.388 e. The second kappa shape index (κ2) is 5.06. The number of benzene rings is 1. The van der Waals surface area contributed by atoms with E-state index in [1.165, 1.54) is 17.0 Å². The summed E-state index contributed by atoms with van der Waals surface area (Å²) >= 11 is 0. The average molecular weight is 251 g/mol. The van der Waals surface area contributed by atoms with Crippen molar-refractivity contribution < 1.29 is 14.3 Å². The maximum Gasteiger partial charge on any atom is 0.256 e. The quantitative estimate of drug-likeness (QED) is 0.894. The molecule has 0 atom stereocenters. The molecule has 1 N–H and O–H groups in total. The van der Waals surface area contributed by atoms with Crippen LogP contribution in [0, 0.1) is 5.82 Å². The summed E-state index contributed by atoms with van der Waals surface area (Å²) in [6, 6.07) is 5.92. The minimum absolute atomic E-state index is 0.0570. The molecule has 1 aromatic carbocycles. The highest BCUT2D eigenvalue weighted by atomic mass is 19.1. The summed E-state index contributed by atoms with van der Waals surface area (Å²) in [6.45, 7) is 0.264. The van der Waals surface area contributed by atoms with E-state index in [2.05, 4.69) is 0 Å². The second-order valence-corrected chi connectivity index (χ2v) is 5.07. The van der Waals surface area contributed by atoms with E-state index in [1.54, 1.807) is 19.2 Å². The van der Waals surface area contributed by atoms with Crippen LogP contribution in [0.15, 0.2) is 24.3 Å². The lowest BCUT2D eigenvalue weighted by Crippen LogP contribution is -2.42. The van der Waals surface area contributed by atoms with Crippen molar-refractivity contribution in [3.8, 4) is 0 Å². The van der Waals surface area contributed by atoms with Gasteiger partial charge in [-0.15, -0.1) is 0 Å². The molecule has 3 nitrogen and oxygen atoms in total. The molecule has 1 aliphatic rings. The molecule has 0 radical (unpaired) electrons. The fourth-order valence-corrected chi connectivity index (χ4v) is 2.54. The van der Waals surface area contributed by atoms with Gasteiger partial charge in [-0.2, -0.15) is 0 Å². The Kier molecular flexibility index (Phi) is 3.66. The molecule has 1 aromatic rings. The van der Waals surface area contributed by atoms with Gasteiger partial charge in [0.05, 0.1) is 11.2 Å². The van der Waals surface area contributed by atoms with Gasteiger partial charge >= 0.3 is 0 Å². The molecular formula is C14H18FNO2. The zero-order chi connectivity index (χ0) is 13.2. The molecule has 1 amide bonds. The SMILES string of the molecule is CN(CC1(O)CCCC1)C(=O)c1ccccc1F. The van der Waals surface area contributed by atoms with Crippen LogP contribution >= 0.6 is 0 Å². The maximum atomic E-state index is 13.5. The van der Waals surface area contributed by atoms with Crippen LogP contribution < -0.4 is 0 Å². The number of aliphatic hydroxyl groups is 1. The molecule has 0 heterocycles. The number of amides is 1. The average Bonchev–Trinajstić information content (AvgIpc) is 2.75. The highest BCUT2D eigenvalue weighted by Crippen LogP contribution is 2.30. The Hall–Kier alpha value is -1.42. The zero-order valence-electron chi connectivity index (χ0n) is 10.5. The van der Waals surface area contributed by atoms with Gasteiger partial charge in [0.2, 0.25) is 0 Å². The van der Waals surface area contributed by atoms with E-state index in [0.29, 0.717) is 12.8 Å². The topological polar surface area (TPSA) is 40.5 Å². The van der Waals surface area contributed by atoms with E-state index >= 15 is 0 Å². The summed E-state index contributed by atoms with van der Waals surface area (Å²) in [4.78, 5) is 13.5. The predicted octanol–water partition coefficient (Wildman–Crippen LogP) is 2.20. The van der Waals surface area contributed by atoms with Crippen LogP contribution in [0.3, 0.4) is 0 Å². The maximum absolute atomic E-state index is 13.5. The molecule has 1 saturated carbocycles. The molecule has 1 fully saturated rings. The standard InChI is InChI=1S/C14H18FNO2/c1-16(10-14(18)8-4-5-9-14)13(17)11-6-2-3-7-12(11)15/h2-3,6-7,18H,4-5,8-10H2,1H3. The number of hydrogen-bond donors (Lipinski definition) is 1. The molecule has 0 saturated heterocycles. The first kappa shape index (κ1) is 13.0. The Morgan fingerprint density at radius 1 is 1.39 bits per heavy atom. The molecule has 18 heavy (non-hydrogen) atoms. The molecule has 0 unspecified atom stereocenters. The van der Waals surface area contributed by atoms with Gasteiger partial charge in [-0.25, -0.2) is 4.39 Å².